The van der Waals surface area contributed by atoms with Gasteiger partial charge in [-0.05, 0) is 82.0 Å². The predicted octanol–water partition coefficient (Wildman–Crippen LogP) is 3.73. The largest absolute Gasteiger partial charge is 0.353 e. The van der Waals surface area contributed by atoms with Crippen molar-refractivity contribution in [2.24, 2.45) is 23.2 Å². The molecule has 24 heavy (non-hydrogen) atoms. The van der Waals surface area contributed by atoms with E-state index in [9.17, 15) is 4.79 Å². The molecule has 1 amide bonds. The van der Waals surface area contributed by atoms with Crippen molar-refractivity contribution in [3.63, 3.8) is 0 Å². The lowest BCUT2D eigenvalue weighted by Crippen LogP contribution is -2.56. The predicted molar refractivity (Wildman–Crippen MR) is 95.6 cm³/mol. The molecule has 5 saturated carbocycles. The Bertz CT molecular complexity index is 453. The lowest BCUT2D eigenvalue weighted by molar-refractivity contribution is -0.147. The lowest BCUT2D eigenvalue weighted by Gasteiger charge is -2.56. The Labute approximate surface area is 146 Å². The van der Waals surface area contributed by atoms with Gasteiger partial charge in [0.2, 0.25) is 5.91 Å². The summed E-state index contributed by atoms with van der Waals surface area (Å²) in [6, 6.07) is 1.30. The van der Waals surface area contributed by atoms with Gasteiger partial charge in [-0.15, -0.1) is 0 Å². The molecule has 3 nitrogen and oxygen atoms in total. The van der Waals surface area contributed by atoms with Crippen molar-refractivity contribution in [1.82, 2.24) is 10.2 Å². The molecule has 4 bridgehead atoms. The summed E-state index contributed by atoms with van der Waals surface area (Å²) < 4.78 is 0. The van der Waals surface area contributed by atoms with E-state index in [1.165, 1.54) is 90.1 Å². The van der Waals surface area contributed by atoms with Crippen LogP contribution in [-0.2, 0) is 4.79 Å². The first-order valence-electron chi connectivity index (χ1n) is 10.8. The number of hydrogen-bond donors (Lipinski definition) is 1. The van der Waals surface area contributed by atoms with Crippen LogP contribution in [0.4, 0.5) is 0 Å². The minimum absolute atomic E-state index is 0.0390. The summed E-state index contributed by atoms with van der Waals surface area (Å²) in [6.45, 7) is 2.41. The minimum atomic E-state index is 0.0390. The standard InChI is InChI=1S/C21H34N2O/c24-20(21-12-15-9-16(13-21)11-17(10-15)14-21)22-18-5-7-23(8-6-18)19-3-1-2-4-19/h15-19H,1-14H2,(H,22,24). The molecular formula is C21H34N2O. The van der Waals surface area contributed by atoms with Crippen LogP contribution in [0.15, 0.2) is 0 Å². The number of likely N-dealkylation sites (tertiary alicyclic amines) is 1. The summed E-state index contributed by atoms with van der Waals surface area (Å²) in [6.07, 6.45) is 15.9. The topological polar surface area (TPSA) is 32.3 Å². The van der Waals surface area contributed by atoms with Crippen LogP contribution < -0.4 is 5.32 Å². The van der Waals surface area contributed by atoms with Crippen molar-refractivity contribution in [2.45, 2.75) is 89.1 Å². The van der Waals surface area contributed by atoms with Crippen LogP contribution in [0, 0.1) is 23.2 Å². The zero-order valence-electron chi connectivity index (χ0n) is 15.1. The van der Waals surface area contributed by atoms with Gasteiger partial charge < -0.3 is 10.2 Å². The van der Waals surface area contributed by atoms with Crippen LogP contribution in [0.3, 0.4) is 0 Å². The Balaban J connectivity index is 1.18. The van der Waals surface area contributed by atoms with Crippen LogP contribution in [-0.4, -0.2) is 36.0 Å². The summed E-state index contributed by atoms with van der Waals surface area (Å²) in [7, 11) is 0. The Morgan fingerprint density at radius 3 is 1.92 bits per heavy atom. The molecule has 1 aliphatic heterocycles. The van der Waals surface area contributed by atoms with E-state index in [0.29, 0.717) is 11.9 Å². The Hall–Kier alpha value is -0.570. The van der Waals surface area contributed by atoms with Gasteiger partial charge in [-0.1, -0.05) is 12.8 Å². The van der Waals surface area contributed by atoms with Crippen molar-refractivity contribution in [2.75, 3.05) is 13.1 Å². The zero-order chi connectivity index (χ0) is 16.1. The van der Waals surface area contributed by atoms with E-state index >= 15 is 0 Å². The highest BCUT2D eigenvalue weighted by molar-refractivity contribution is 5.83. The van der Waals surface area contributed by atoms with Gasteiger partial charge in [0.25, 0.3) is 0 Å². The van der Waals surface area contributed by atoms with Crippen molar-refractivity contribution in [1.29, 1.82) is 0 Å². The van der Waals surface area contributed by atoms with Gasteiger partial charge in [0.05, 0.1) is 0 Å². The molecule has 6 rings (SSSR count). The molecule has 1 N–H and O–H groups in total. The van der Waals surface area contributed by atoms with Crippen molar-refractivity contribution < 1.29 is 4.79 Å². The summed E-state index contributed by atoms with van der Waals surface area (Å²) in [5, 5.41) is 3.52. The first-order valence-corrected chi connectivity index (χ1v) is 10.8. The molecule has 3 heteroatoms. The molecule has 5 aliphatic carbocycles. The summed E-state index contributed by atoms with van der Waals surface area (Å²) in [5.74, 6) is 3.05. The molecule has 6 fully saturated rings. The molecule has 0 atom stereocenters. The quantitative estimate of drug-likeness (QED) is 0.855. The maximum absolute atomic E-state index is 13.2. The Morgan fingerprint density at radius 2 is 1.38 bits per heavy atom. The average molecular weight is 331 g/mol. The number of hydrogen-bond acceptors (Lipinski definition) is 2. The number of piperidine rings is 1. The highest BCUT2D eigenvalue weighted by Gasteiger charge is 2.54. The highest BCUT2D eigenvalue weighted by atomic mass is 16.2. The van der Waals surface area contributed by atoms with E-state index in [-0.39, 0.29) is 5.41 Å². The van der Waals surface area contributed by atoms with Crippen LogP contribution in [0.25, 0.3) is 0 Å². The summed E-state index contributed by atoms with van der Waals surface area (Å²) >= 11 is 0. The third-order valence-electron chi connectivity index (χ3n) is 8.23. The van der Waals surface area contributed by atoms with E-state index in [4.69, 9.17) is 0 Å². The molecule has 1 saturated heterocycles. The maximum atomic E-state index is 13.2. The molecule has 0 aromatic carbocycles. The lowest BCUT2D eigenvalue weighted by atomic mass is 9.49. The third-order valence-corrected chi connectivity index (χ3v) is 8.23. The first-order chi connectivity index (χ1) is 11.7. The van der Waals surface area contributed by atoms with E-state index in [1.54, 1.807) is 0 Å². The smallest absolute Gasteiger partial charge is 0.226 e. The first kappa shape index (κ1) is 15.7. The van der Waals surface area contributed by atoms with Crippen molar-refractivity contribution in [3.05, 3.63) is 0 Å². The molecule has 0 unspecified atom stereocenters. The van der Waals surface area contributed by atoms with Crippen LogP contribution in [0.5, 0.6) is 0 Å². The van der Waals surface area contributed by atoms with Gasteiger partial charge in [-0.25, -0.2) is 0 Å². The fourth-order valence-corrected chi connectivity index (χ4v) is 7.41. The number of carbonyl (C=O) groups is 1. The van der Waals surface area contributed by atoms with Crippen LogP contribution in [0.2, 0.25) is 0 Å². The molecular weight excluding hydrogens is 296 g/mol. The molecule has 6 aliphatic rings. The van der Waals surface area contributed by atoms with Gasteiger partial charge in [0.15, 0.2) is 0 Å². The molecule has 0 spiro atoms. The number of nitrogens with one attached hydrogen (secondary N) is 1. The zero-order valence-corrected chi connectivity index (χ0v) is 15.1. The minimum Gasteiger partial charge on any atom is -0.353 e. The highest BCUT2D eigenvalue weighted by Crippen LogP contribution is 2.60. The van der Waals surface area contributed by atoms with E-state index in [0.717, 1.165) is 23.8 Å². The number of amides is 1. The fourth-order valence-electron chi connectivity index (χ4n) is 7.41. The number of rotatable bonds is 3. The Kier molecular flexibility index (Phi) is 3.92. The van der Waals surface area contributed by atoms with E-state index < -0.39 is 0 Å². The van der Waals surface area contributed by atoms with Crippen molar-refractivity contribution >= 4 is 5.91 Å². The third kappa shape index (κ3) is 2.71. The second-order valence-electron chi connectivity index (χ2n) is 9.92. The SMILES string of the molecule is O=C(NC1CCN(C2CCCC2)CC1)C12CC3CC(CC(C3)C1)C2. The van der Waals surface area contributed by atoms with Gasteiger partial charge in [-0.3, -0.25) is 4.79 Å². The molecule has 0 radical (unpaired) electrons. The average Bonchev–Trinajstić information content (AvgIpc) is 3.09. The summed E-state index contributed by atoms with van der Waals surface area (Å²) in [5.41, 5.74) is 0.0390. The van der Waals surface area contributed by atoms with E-state index in [2.05, 4.69) is 10.2 Å². The van der Waals surface area contributed by atoms with Crippen molar-refractivity contribution in [3.8, 4) is 0 Å². The molecule has 134 valence electrons. The van der Waals surface area contributed by atoms with E-state index in [1.807, 2.05) is 0 Å². The van der Waals surface area contributed by atoms with Gasteiger partial charge in [-0.2, -0.15) is 0 Å². The normalized spacial score (nSPS) is 43.4. The number of nitrogens with zero attached hydrogens (tertiary/aromatic N) is 1. The fraction of sp³-hybridized carbons (Fsp3) is 0.952. The molecule has 1 heterocycles. The van der Waals surface area contributed by atoms with Crippen LogP contribution >= 0.6 is 0 Å². The second kappa shape index (κ2) is 6.00. The van der Waals surface area contributed by atoms with Gasteiger partial charge in [0, 0.05) is 30.6 Å². The van der Waals surface area contributed by atoms with Gasteiger partial charge in [0.1, 0.15) is 0 Å². The second-order valence-corrected chi connectivity index (χ2v) is 9.92. The molecule has 0 aromatic rings. The summed E-state index contributed by atoms with van der Waals surface area (Å²) in [4.78, 5) is 15.9. The van der Waals surface area contributed by atoms with Gasteiger partial charge >= 0.3 is 0 Å². The Morgan fingerprint density at radius 1 is 0.833 bits per heavy atom. The molecule has 0 aromatic heterocycles. The maximum Gasteiger partial charge on any atom is 0.226 e. The monoisotopic (exact) mass is 330 g/mol. The number of carbonyl (C=O) groups excluding carboxylic acids is 1. The van der Waals surface area contributed by atoms with Crippen LogP contribution in [0.1, 0.15) is 77.0 Å².